The molecule has 0 aliphatic heterocycles. The fourth-order valence-corrected chi connectivity index (χ4v) is 2.33. The van der Waals surface area contributed by atoms with E-state index >= 15 is 0 Å². The molecule has 0 unspecified atom stereocenters. The maximum atomic E-state index is 6.26. The Labute approximate surface area is 134 Å². The highest BCUT2D eigenvalue weighted by Gasteiger charge is 2.10. The molecule has 0 aromatic heterocycles. The van der Waals surface area contributed by atoms with Crippen molar-refractivity contribution in [2.45, 2.75) is 13.5 Å². The number of anilines is 1. The standard InChI is InChI=1S/C16H17Cl2NO2/c1-10-4-5-12(7-13(10)17)19-9-11-6-15(20-2)16(21-3)8-14(11)18/h4-8,19H,9H2,1-3H3. The molecule has 0 heterocycles. The molecule has 0 saturated carbocycles. The van der Waals surface area contributed by atoms with E-state index in [1.807, 2.05) is 31.2 Å². The second kappa shape index (κ2) is 6.92. The minimum absolute atomic E-state index is 0.568. The Hall–Kier alpha value is -1.58. The molecule has 1 N–H and O–H groups in total. The smallest absolute Gasteiger partial charge is 0.162 e. The first kappa shape index (κ1) is 15.8. The molecular weight excluding hydrogens is 309 g/mol. The average Bonchev–Trinajstić information content (AvgIpc) is 2.49. The largest absolute Gasteiger partial charge is 0.493 e. The summed E-state index contributed by atoms with van der Waals surface area (Å²) in [5, 5.41) is 4.65. The van der Waals surface area contributed by atoms with Crippen molar-refractivity contribution in [3.05, 3.63) is 51.5 Å². The summed E-state index contributed by atoms with van der Waals surface area (Å²) in [4.78, 5) is 0. The van der Waals surface area contributed by atoms with E-state index in [2.05, 4.69) is 5.32 Å². The summed E-state index contributed by atoms with van der Waals surface area (Å²) < 4.78 is 10.5. The summed E-state index contributed by atoms with van der Waals surface area (Å²) in [6.07, 6.45) is 0. The summed E-state index contributed by atoms with van der Waals surface area (Å²) in [5.74, 6) is 1.27. The molecule has 2 rings (SSSR count). The molecule has 2 aromatic carbocycles. The number of rotatable bonds is 5. The Bertz CT molecular complexity index is 644. The van der Waals surface area contributed by atoms with E-state index in [0.717, 1.165) is 21.8 Å². The Kier molecular flexibility index (Phi) is 5.21. The third-order valence-corrected chi connectivity index (χ3v) is 3.97. The Morgan fingerprint density at radius 1 is 0.952 bits per heavy atom. The van der Waals surface area contributed by atoms with Gasteiger partial charge in [0.05, 0.1) is 14.2 Å². The average molecular weight is 326 g/mol. The second-order valence-corrected chi connectivity index (χ2v) is 5.43. The zero-order valence-electron chi connectivity index (χ0n) is 12.2. The highest BCUT2D eigenvalue weighted by molar-refractivity contribution is 6.32. The van der Waals surface area contributed by atoms with E-state index in [1.54, 1.807) is 20.3 Å². The molecule has 0 fully saturated rings. The van der Waals surface area contributed by atoms with Gasteiger partial charge in [-0.3, -0.25) is 0 Å². The van der Waals surface area contributed by atoms with Crippen molar-refractivity contribution in [1.29, 1.82) is 0 Å². The van der Waals surface area contributed by atoms with Crippen LogP contribution in [-0.4, -0.2) is 14.2 Å². The van der Waals surface area contributed by atoms with Crippen molar-refractivity contribution in [3.8, 4) is 11.5 Å². The Balaban J connectivity index is 2.17. The van der Waals surface area contributed by atoms with E-state index in [0.29, 0.717) is 23.1 Å². The van der Waals surface area contributed by atoms with Crippen LogP contribution in [0.15, 0.2) is 30.3 Å². The van der Waals surface area contributed by atoms with Gasteiger partial charge in [0.2, 0.25) is 0 Å². The third-order valence-electron chi connectivity index (χ3n) is 3.21. The van der Waals surface area contributed by atoms with Crippen LogP contribution in [0.5, 0.6) is 11.5 Å². The number of nitrogens with one attached hydrogen (secondary N) is 1. The minimum Gasteiger partial charge on any atom is -0.493 e. The number of aryl methyl sites for hydroxylation is 1. The van der Waals surface area contributed by atoms with E-state index in [1.165, 1.54) is 0 Å². The van der Waals surface area contributed by atoms with Gasteiger partial charge in [0.15, 0.2) is 11.5 Å². The molecule has 0 saturated heterocycles. The highest BCUT2D eigenvalue weighted by Crippen LogP contribution is 2.33. The van der Waals surface area contributed by atoms with E-state index < -0.39 is 0 Å². The monoisotopic (exact) mass is 325 g/mol. The van der Waals surface area contributed by atoms with Gasteiger partial charge < -0.3 is 14.8 Å². The topological polar surface area (TPSA) is 30.5 Å². The normalized spacial score (nSPS) is 10.3. The third kappa shape index (κ3) is 3.74. The van der Waals surface area contributed by atoms with Crippen molar-refractivity contribution in [2.24, 2.45) is 0 Å². The van der Waals surface area contributed by atoms with Crippen LogP contribution >= 0.6 is 23.2 Å². The van der Waals surface area contributed by atoms with E-state index in [9.17, 15) is 0 Å². The SMILES string of the molecule is COc1cc(Cl)c(CNc2ccc(C)c(Cl)c2)cc1OC. The number of benzene rings is 2. The van der Waals surface area contributed by atoms with Crippen LogP contribution in [-0.2, 0) is 6.54 Å². The van der Waals surface area contributed by atoms with E-state index in [4.69, 9.17) is 32.7 Å². The van der Waals surface area contributed by atoms with Crippen LogP contribution in [0.25, 0.3) is 0 Å². The van der Waals surface area contributed by atoms with E-state index in [-0.39, 0.29) is 0 Å². The predicted octanol–water partition coefficient (Wildman–Crippen LogP) is 4.93. The number of methoxy groups -OCH3 is 2. The fraction of sp³-hybridized carbons (Fsp3) is 0.250. The van der Waals surface area contributed by atoms with Crippen LogP contribution in [0.2, 0.25) is 10.0 Å². The Morgan fingerprint density at radius 2 is 1.62 bits per heavy atom. The number of hydrogen-bond donors (Lipinski definition) is 1. The van der Waals surface area contributed by atoms with Crippen molar-refractivity contribution in [1.82, 2.24) is 0 Å². The predicted molar refractivity (Wildman–Crippen MR) is 88.1 cm³/mol. The van der Waals surface area contributed by atoms with Gasteiger partial charge >= 0.3 is 0 Å². The van der Waals surface area contributed by atoms with Crippen LogP contribution in [0.1, 0.15) is 11.1 Å². The summed E-state index contributed by atoms with van der Waals surface area (Å²) in [7, 11) is 3.18. The lowest BCUT2D eigenvalue weighted by Gasteiger charge is -2.13. The van der Waals surface area contributed by atoms with Gasteiger partial charge in [0.1, 0.15) is 0 Å². The quantitative estimate of drug-likeness (QED) is 0.845. The minimum atomic E-state index is 0.568. The molecule has 3 nitrogen and oxygen atoms in total. The van der Waals surface area contributed by atoms with Crippen LogP contribution in [0.3, 0.4) is 0 Å². The van der Waals surface area contributed by atoms with Crippen molar-refractivity contribution < 1.29 is 9.47 Å². The molecule has 21 heavy (non-hydrogen) atoms. The molecule has 0 atom stereocenters. The van der Waals surface area contributed by atoms with Crippen molar-refractivity contribution in [3.63, 3.8) is 0 Å². The van der Waals surface area contributed by atoms with Gasteiger partial charge in [-0.1, -0.05) is 29.3 Å². The van der Waals surface area contributed by atoms with Gasteiger partial charge in [-0.25, -0.2) is 0 Å². The lowest BCUT2D eigenvalue weighted by atomic mass is 10.1. The molecule has 0 spiro atoms. The summed E-state index contributed by atoms with van der Waals surface area (Å²) >= 11 is 12.4. The van der Waals surface area contributed by atoms with Gasteiger partial charge in [-0.2, -0.15) is 0 Å². The molecule has 5 heteroatoms. The van der Waals surface area contributed by atoms with Gasteiger partial charge in [0.25, 0.3) is 0 Å². The lowest BCUT2D eigenvalue weighted by molar-refractivity contribution is 0.354. The lowest BCUT2D eigenvalue weighted by Crippen LogP contribution is -2.01. The first-order valence-corrected chi connectivity index (χ1v) is 7.21. The first-order valence-electron chi connectivity index (χ1n) is 6.45. The molecular formula is C16H17Cl2NO2. The van der Waals surface area contributed by atoms with Crippen LogP contribution < -0.4 is 14.8 Å². The van der Waals surface area contributed by atoms with Crippen molar-refractivity contribution >= 4 is 28.9 Å². The zero-order valence-corrected chi connectivity index (χ0v) is 13.7. The highest BCUT2D eigenvalue weighted by atomic mass is 35.5. The van der Waals surface area contributed by atoms with Gasteiger partial charge in [0, 0.05) is 28.3 Å². The van der Waals surface area contributed by atoms with Crippen molar-refractivity contribution in [2.75, 3.05) is 19.5 Å². The molecule has 0 amide bonds. The molecule has 2 aromatic rings. The maximum absolute atomic E-state index is 6.26. The fourth-order valence-electron chi connectivity index (χ4n) is 1.93. The second-order valence-electron chi connectivity index (χ2n) is 4.62. The zero-order chi connectivity index (χ0) is 15.4. The molecule has 0 radical (unpaired) electrons. The van der Waals surface area contributed by atoms with Gasteiger partial charge in [-0.15, -0.1) is 0 Å². The molecule has 0 aliphatic rings. The number of halogens is 2. The summed E-state index contributed by atoms with van der Waals surface area (Å²) in [6, 6.07) is 9.46. The summed E-state index contributed by atoms with van der Waals surface area (Å²) in [6.45, 7) is 2.54. The molecule has 112 valence electrons. The summed E-state index contributed by atoms with van der Waals surface area (Å²) in [5.41, 5.74) is 2.91. The first-order chi connectivity index (χ1) is 10.0. The van der Waals surface area contributed by atoms with Crippen LogP contribution in [0, 0.1) is 6.92 Å². The number of hydrogen-bond acceptors (Lipinski definition) is 3. The molecule has 0 aliphatic carbocycles. The Morgan fingerprint density at radius 3 is 2.24 bits per heavy atom. The van der Waals surface area contributed by atoms with Crippen LogP contribution in [0.4, 0.5) is 5.69 Å². The molecule has 0 bridgehead atoms. The maximum Gasteiger partial charge on any atom is 0.162 e. The number of ether oxygens (including phenoxy) is 2. The van der Waals surface area contributed by atoms with Gasteiger partial charge in [-0.05, 0) is 36.2 Å².